The monoisotopic (exact) mass is 424 g/mol. The highest BCUT2D eigenvalue weighted by Gasteiger charge is 2.23. The van der Waals surface area contributed by atoms with Gasteiger partial charge in [0.15, 0.2) is 0 Å². The zero-order valence-corrected chi connectivity index (χ0v) is 17.8. The van der Waals surface area contributed by atoms with Gasteiger partial charge in [-0.1, -0.05) is 6.07 Å². The van der Waals surface area contributed by atoms with E-state index in [0.29, 0.717) is 5.56 Å². The average Bonchev–Trinajstić information content (AvgIpc) is 3.13. The Morgan fingerprint density at radius 1 is 1.14 bits per heavy atom. The first kappa shape index (κ1) is 22.1. The van der Waals surface area contributed by atoms with E-state index < -0.39 is 33.5 Å². The second kappa shape index (κ2) is 8.85. The van der Waals surface area contributed by atoms with Crippen LogP contribution in [0.5, 0.6) is 0 Å². The molecule has 2 N–H and O–H groups in total. The predicted molar refractivity (Wildman–Crippen MR) is 108 cm³/mol. The Balaban J connectivity index is 2.16. The molecule has 2 rings (SSSR count). The number of thiophene rings is 1. The summed E-state index contributed by atoms with van der Waals surface area (Å²) in [4.78, 5) is 25.1. The Hall–Kier alpha value is -2.23. The zero-order chi connectivity index (χ0) is 20.9. The van der Waals surface area contributed by atoms with E-state index in [-0.39, 0.29) is 11.3 Å². The fourth-order valence-electron chi connectivity index (χ4n) is 2.45. The number of ether oxygens (including phenoxy) is 1. The Labute approximate surface area is 169 Å². The van der Waals surface area contributed by atoms with Crippen molar-refractivity contribution in [3.63, 3.8) is 0 Å². The number of carbonyl (C=O) groups is 2. The van der Waals surface area contributed by atoms with E-state index in [9.17, 15) is 18.0 Å². The van der Waals surface area contributed by atoms with E-state index in [1.54, 1.807) is 20.8 Å². The van der Waals surface area contributed by atoms with Gasteiger partial charge < -0.3 is 10.1 Å². The largest absolute Gasteiger partial charge is 0.469 e. The molecule has 0 spiro atoms. The maximum atomic E-state index is 12.6. The predicted octanol–water partition coefficient (Wildman–Crippen LogP) is 2.86. The molecule has 1 atom stereocenters. The molecule has 1 amide bonds. The van der Waals surface area contributed by atoms with Gasteiger partial charge in [0.25, 0.3) is 5.91 Å². The number of carbonyl (C=O) groups excluding carboxylic acids is 2. The third kappa shape index (κ3) is 6.15. The standard InChI is InChI=1S/C19H24N2O5S2/c1-19(2,3)21-28(24,25)14-9-7-13(8-10-14)18(23)20-15(12-17(22)26-4)16-6-5-11-27-16/h5-11,15,21H,12H2,1-4H3,(H,20,23). The van der Waals surface area contributed by atoms with Gasteiger partial charge in [-0.05, 0) is 56.5 Å². The normalized spacial score (nSPS) is 13.0. The van der Waals surface area contributed by atoms with E-state index in [0.717, 1.165) is 4.88 Å². The van der Waals surface area contributed by atoms with Crippen molar-refractivity contribution in [3.05, 3.63) is 52.2 Å². The first-order valence-electron chi connectivity index (χ1n) is 8.57. The van der Waals surface area contributed by atoms with E-state index in [1.165, 1.54) is 42.7 Å². The Morgan fingerprint density at radius 2 is 1.79 bits per heavy atom. The molecule has 1 heterocycles. The molecule has 1 aromatic heterocycles. The number of amides is 1. The summed E-state index contributed by atoms with van der Waals surface area (Å²) in [6.07, 6.45) is 0.00468. The van der Waals surface area contributed by atoms with Gasteiger partial charge in [0.2, 0.25) is 10.0 Å². The van der Waals surface area contributed by atoms with Crippen LogP contribution in [0.25, 0.3) is 0 Å². The smallest absolute Gasteiger partial charge is 0.307 e. The fourth-order valence-corrected chi connectivity index (χ4v) is 4.65. The van der Waals surface area contributed by atoms with Crippen LogP contribution >= 0.6 is 11.3 Å². The summed E-state index contributed by atoms with van der Waals surface area (Å²) in [5.41, 5.74) is -0.322. The van der Waals surface area contributed by atoms with Crippen LogP contribution in [0.1, 0.15) is 48.5 Å². The molecule has 0 saturated carbocycles. The van der Waals surface area contributed by atoms with Gasteiger partial charge in [0, 0.05) is 16.0 Å². The minimum absolute atomic E-state index is 0.00468. The zero-order valence-electron chi connectivity index (χ0n) is 16.2. The number of methoxy groups -OCH3 is 1. The van der Waals surface area contributed by atoms with Gasteiger partial charge in [-0.15, -0.1) is 11.3 Å². The Bertz CT molecular complexity index is 914. The van der Waals surface area contributed by atoms with Crippen LogP contribution in [0.4, 0.5) is 0 Å². The highest BCUT2D eigenvalue weighted by molar-refractivity contribution is 7.89. The van der Waals surface area contributed by atoms with Crippen molar-refractivity contribution < 1.29 is 22.7 Å². The highest BCUT2D eigenvalue weighted by atomic mass is 32.2. The van der Waals surface area contributed by atoms with Gasteiger partial charge in [-0.25, -0.2) is 13.1 Å². The third-order valence-corrected chi connectivity index (χ3v) is 6.42. The minimum Gasteiger partial charge on any atom is -0.469 e. The van der Waals surface area contributed by atoms with Crippen LogP contribution in [0.15, 0.2) is 46.7 Å². The van der Waals surface area contributed by atoms with Crippen molar-refractivity contribution in [1.82, 2.24) is 10.0 Å². The van der Waals surface area contributed by atoms with Gasteiger partial charge in [-0.2, -0.15) is 0 Å². The van der Waals surface area contributed by atoms with Crippen LogP contribution in [0.2, 0.25) is 0 Å². The van der Waals surface area contributed by atoms with Crippen LogP contribution in [-0.2, 0) is 19.6 Å². The SMILES string of the molecule is COC(=O)CC(NC(=O)c1ccc(S(=O)(=O)NC(C)(C)C)cc1)c1cccs1. The van der Waals surface area contributed by atoms with E-state index in [1.807, 2.05) is 17.5 Å². The number of esters is 1. The van der Waals surface area contributed by atoms with Crippen molar-refractivity contribution in [3.8, 4) is 0 Å². The first-order chi connectivity index (χ1) is 13.0. The van der Waals surface area contributed by atoms with Crippen molar-refractivity contribution in [2.75, 3.05) is 7.11 Å². The van der Waals surface area contributed by atoms with Crippen molar-refractivity contribution in [2.24, 2.45) is 0 Å². The molecule has 152 valence electrons. The number of sulfonamides is 1. The van der Waals surface area contributed by atoms with Crippen LogP contribution in [0, 0.1) is 0 Å². The molecule has 0 aliphatic heterocycles. The van der Waals surface area contributed by atoms with E-state index >= 15 is 0 Å². The van der Waals surface area contributed by atoms with Crippen molar-refractivity contribution >= 4 is 33.2 Å². The lowest BCUT2D eigenvalue weighted by Gasteiger charge is -2.20. The second-order valence-electron chi connectivity index (χ2n) is 7.20. The molecule has 9 heteroatoms. The molecule has 28 heavy (non-hydrogen) atoms. The molecule has 1 aromatic carbocycles. The highest BCUT2D eigenvalue weighted by Crippen LogP contribution is 2.23. The number of hydrogen-bond acceptors (Lipinski definition) is 6. The maximum absolute atomic E-state index is 12.6. The summed E-state index contributed by atoms with van der Waals surface area (Å²) in [5.74, 6) is -0.844. The minimum atomic E-state index is -3.68. The quantitative estimate of drug-likeness (QED) is 0.666. The third-order valence-electron chi connectivity index (χ3n) is 3.66. The molecular weight excluding hydrogens is 400 g/mol. The molecule has 0 aliphatic carbocycles. The van der Waals surface area contributed by atoms with Crippen LogP contribution in [0.3, 0.4) is 0 Å². The Morgan fingerprint density at radius 3 is 2.29 bits per heavy atom. The van der Waals surface area contributed by atoms with Crippen molar-refractivity contribution in [2.45, 2.75) is 43.7 Å². The van der Waals surface area contributed by atoms with Crippen molar-refractivity contribution in [1.29, 1.82) is 0 Å². The molecular formula is C19H24N2O5S2. The summed E-state index contributed by atoms with van der Waals surface area (Å²) < 4.78 is 32.0. The number of hydrogen-bond donors (Lipinski definition) is 2. The van der Waals surface area contributed by atoms with Crippen LogP contribution < -0.4 is 10.0 Å². The second-order valence-corrected chi connectivity index (χ2v) is 9.86. The lowest BCUT2D eigenvalue weighted by molar-refractivity contribution is -0.141. The van der Waals surface area contributed by atoms with E-state index in [4.69, 9.17) is 4.74 Å². The molecule has 0 saturated heterocycles. The topological polar surface area (TPSA) is 102 Å². The summed E-state index contributed by atoms with van der Waals surface area (Å²) in [7, 11) is -2.39. The van der Waals surface area contributed by atoms with Gasteiger partial charge in [-0.3, -0.25) is 9.59 Å². The molecule has 0 radical (unpaired) electrons. The molecule has 0 aliphatic rings. The average molecular weight is 425 g/mol. The summed E-state index contributed by atoms with van der Waals surface area (Å²) >= 11 is 1.42. The van der Waals surface area contributed by atoms with Gasteiger partial charge in [0.05, 0.1) is 24.5 Å². The Kier molecular flexibility index (Phi) is 6.97. The molecule has 0 bridgehead atoms. The number of benzene rings is 1. The van der Waals surface area contributed by atoms with E-state index in [2.05, 4.69) is 10.0 Å². The van der Waals surface area contributed by atoms with Crippen LogP contribution in [-0.4, -0.2) is 32.9 Å². The number of nitrogens with one attached hydrogen (secondary N) is 2. The molecule has 0 fully saturated rings. The fraction of sp³-hybridized carbons (Fsp3) is 0.368. The van der Waals surface area contributed by atoms with Gasteiger partial charge >= 0.3 is 5.97 Å². The molecule has 7 nitrogen and oxygen atoms in total. The maximum Gasteiger partial charge on any atom is 0.307 e. The molecule has 1 unspecified atom stereocenters. The summed E-state index contributed by atoms with van der Waals surface area (Å²) in [5, 5.41) is 4.66. The first-order valence-corrected chi connectivity index (χ1v) is 10.9. The number of rotatable bonds is 7. The van der Waals surface area contributed by atoms with Gasteiger partial charge in [0.1, 0.15) is 0 Å². The lowest BCUT2D eigenvalue weighted by Crippen LogP contribution is -2.40. The summed E-state index contributed by atoms with van der Waals surface area (Å²) in [6.45, 7) is 5.25. The lowest BCUT2D eigenvalue weighted by atomic mass is 10.1. The summed E-state index contributed by atoms with van der Waals surface area (Å²) in [6, 6.07) is 8.77. The molecule has 2 aromatic rings.